The molecular formula is C17H24BrN3O. The topological polar surface area (TPSA) is 39.1 Å². The van der Waals surface area contributed by atoms with E-state index in [9.17, 15) is 0 Å². The van der Waals surface area contributed by atoms with Gasteiger partial charge in [0.05, 0.1) is 17.4 Å². The molecule has 0 radical (unpaired) electrons. The number of rotatable bonds is 8. The van der Waals surface area contributed by atoms with E-state index in [1.54, 1.807) is 7.11 Å². The number of anilines is 1. The van der Waals surface area contributed by atoms with E-state index in [0.29, 0.717) is 0 Å². The standard InChI is InChI=1S/C17H24BrN3O/c1-4-15-17(12-21(2)20-15)19-16(6-5-11-22-3)13-7-9-14(18)10-8-13/h7-10,12,16,19H,4-6,11H2,1-3H3. The van der Waals surface area contributed by atoms with Crippen LogP contribution in [0.1, 0.15) is 37.1 Å². The lowest BCUT2D eigenvalue weighted by molar-refractivity contribution is 0.191. The van der Waals surface area contributed by atoms with Gasteiger partial charge >= 0.3 is 0 Å². The zero-order chi connectivity index (χ0) is 15.9. The first-order valence-corrected chi connectivity index (χ1v) is 8.46. The Bertz CT molecular complexity index is 580. The van der Waals surface area contributed by atoms with Crippen LogP contribution in [-0.4, -0.2) is 23.5 Å². The van der Waals surface area contributed by atoms with Crippen LogP contribution < -0.4 is 5.32 Å². The quantitative estimate of drug-likeness (QED) is 0.707. The zero-order valence-corrected chi connectivity index (χ0v) is 15.1. The highest BCUT2D eigenvalue weighted by Crippen LogP contribution is 2.27. The van der Waals surface area contributed by atoms with Crippen molar-refractivity contribution in [3.8, 4) is 0 Å². The largest absolute Gasteiger partial charge is 0.385 e. The van der Waals surface area contributed by atoms with Crippen LogP contribution in [0.4, 0.5) is 5.69 Å². The maximum atomic E-state index is 5.19. The molecule has 1 aromatic heterocycles. The molecule has 0 saturated heterocycles. The van der Waals surface area contributed by atoms with Crippen LogP contribution in [-0.2, 0) is 18.2 Å². The molecule has 0 aliphatic heterocycles. The molecular weight excluding hydrogens is 342 g/mol. The van der Waals surface area contributed by atoms with E-state index in [-0.39, 0.29) is 6.04 Å². The second-order valence-corrected chi connectivity index (χ2v) is 6.32. The van der Waals surface area contributed by atoms with Crippen molar-refractivity contribution >= 4 is 21.6 Å². The van der Waals surface area contributed by atoms with Crippen molar-refractivity contribution in [1.29, 1.82) is 0 Å². The van der Waals surface area contributed by atoms with Gasteiger partial charge in [-0.1, -0.05) is 35.0 Å². The van der Waals surface area contributed by atoms with Crippen molar-refractivity contribution in [2.45, 2.75) is 32.2 Å². The molecule has 0 amide bonds. The lowest BCUT2D eigenvalue weighted by atomic mass is 10.0. The molecule has 2 aromatic rings. The molecule has 1 unspecified atom stereocenters. The SMILES string of the molecule is CCc1nn(C)cc1NC(CCCOC)c1ccc(Br)cc1. The average molecular weight is 366 g/mol. The van der Waals surface area contributed by atoms with Crippen LogP contribution in [0.25, 0.3) is 0 Å². The Morgan fingerprint density at radius 1 is 1.32 bits per heavy atom. The van der Waals surface area contributed by atoms with E-state index in [2.05, 4.69) is 63.7 Å². The summed E-state index contributed by atoms with van der Waals surface area (Å²) >= 11 is 3.50. The second kappa shape index (κ2) is 8.34. The Balaban J connectivity index is 2.17. The van der Waals surface area contributed by atoms with Gasteiger partial charge in [-0.15, -0.1) is 0 Å². The third kappa shape index (κ3) is 4.58. The number of aromatic nitrogens is 2. The minimum atomic E-state index is 0.262. The van der Waals surface area contributed by atoms with Crippen molar-refractivity contribution in [3.63, 3.8) is 0 Å². The Morgan fingerprint density at radius 3 is 2.68 bits per heavy atom. The Labute approximate surface area is 141 Å². The van der Waals surface area contributed by atoms with Gasteiger partial charge in [0.15, 0.2) is 0 Å². The van der Waals surface area contributed by atoms with Crippen molar-refractivity contribution < 1.29 is 4.74 Å². The molecule has 0 spiro atoms. The number of hydrogen-bond acceptors (Lipinski definition) is 3. The zero-order valence-electron chi connectivity index (χ0n) is 13.5. The third-order valence-electron chi connectivity index (χ3n) is 3.68. The third-order valence-corrected chi connectivity index (χ3v) is 4.21. The molecule has 4 nitrogen and oxygen atoms in total. The number of methoxy groups -OCH3 is 1. The molecule has 1 atom stereocenters. The molecule has 120 valence electrons. The number of ether oxygens (including phenoxy) is 1. The molecule has 22 heavy (non-hydrogen) atoms. The van der Waals surface area contributed by atoms with Crippen LogP contribution in [0, 0.1) is 0 Å². The first-order chi connectivity index (χ1) is 10.6. The number of nitrogens with zero attached hydrogens (tertiary/aromatic N) is 2. The van der Waals surface area contributed by atoms with Gasteiger partial charge in [0, 0.05) is 31.4 Å². The van der Waals surface area contributed by atoms with Crippen LogP contribution in [0.15, 0.2) is 34.9 Å². The minimum Gasteiger partial charge on any atom is -0.385 e. The van der Waals surface area contributed by atoms with Crippen LogP contribution in [0.2, 0.25) is 0 Å². The first-order valence-electron chi connectivity index (χ1n) is 7.67. The van der Waals surface area contributed by atoms with Crippen molar-refractivity contribution in [2.75, 3.05) is 19.0 Å². The van der Waals surface area contributed by atoms with E-state index in [1.165, 1.54) is 5.56 Å². The highest BCUT2D eigenvalue weighted by Gasteiger charge is 2.14. The summed E-state index contributed by atoms with van der Waals surface area (Å²) in [6, 6.07) is 8.76. The van der Waals surface area contributed by atoms with Crippen LogP contribution in [0.5, 0.6) is 0 Å². The minimum absolute atomic E-state index is 0.262. The fraction of sp³-hybridized carbons (Fsp3) is 0.471. The van der Waals surface area contributed by atoms with Gasteiger partial charge < -0.3 is 10.1 Å². The molecule has 0 aliphatic rings. The first kappa shape index (κ1) is 17.0. The summed E-state index contributed by atoms with van der Waals surface area (Å²) in [6.45, 7) is 2.91. The van der Waals surface area contributed by atoms with E-state index < -0.39 is 0 Å². The maximum Gasteiger partial charge on any atom is 0.0853 e. The Kier molecular flexibility index (Phi) is 6.46. The maximum absolute atomic E-state index is 5.19. The molecule has 0 aliphatic carbocycles. The predicted octanol–water partition coefficient (Wildman–Crippen LogP) is 4.32. The predicted molar refractivity (Wildman–Crippen MR) is 94.2 cm³/mol. The average Bonchev–Trinajstić information content (AvgIpc) is 2.87. The molecule has 1 heterocycles. The monoisotopic (exact) mass is 365 g/mol. The summed E-state index contributed by atoms with van der Waals surface area (Å²) in [5.41, 5.74) is 3.51. The summed E-state index contributed by atoms with van der Waals surface area (Å²) in [6.07, 6.45) is 5.02. The van der Waals surface area contributed by atoms with Crippen LogP contribution in [0.3, 0.4) is 0 Å². The van der Waals surface area contributed by atoms with Gasteiger partial charge in [-0.3, -0.25) is 4.68 Å². The van der Waals surface area contributed by atoms with E-state index in [0.717, 1.165) is 41.7 Å². The summed E-state index contributed by atoms with van der Waals surface area (Å²) in [5.74, 6) is 0. The van der Waals surface area contributed by atoms with E-state index in [4.69, 9.17) is 4.74 Å². The van der Waals surface area contributed by atoms with Gasteiger partial charge in [-0.2, -0.15) is 5.10 Å². The summed E-state index contributed by atoms with van der Waals surface area (Å²) in [5, 5.41) is 8.17. The molecule has 5 heteroatoms. The van der Waals surface area contributed by atoms with E-state index >= 15 is 0 Å². The Hall–Kier alpha value is -1.33. The highest BCUT2D eigenvalue weighted by molar-refractivity contribution is 9.10. The summed E-state index contributed by atoms with van der Waals surface area (Å²) in [4.78, 5) is 0. The highest BCUT2D eigenvalue weighted by atomic mass is 79.9. The lowest BCUT2D eigenvalue weighted by Crippen LogP contribution is -2.12. The Morgan fingerprint density at radius 2 is 2.05 bits per heavy atom. The fourth-order valence-electron chi connectivity index (χ4n) is 2.55. The smallest absolute Gasteiger partial charge is 0.0853 e. The number of nitrogens with one attached hydrogen (secondary N) is 1. The molecule has 2 rings (SSSR count). The molecule has 1 N–H and O–H groups in total. The molecule has 0 fully saturated rings. The summed E-state index contributed by atoms with van der Waals surface area (Å²) in [7, 11) is 3.71. The van der Waals surface area contributed by atoms with Crippen molar-refractivity contribution in [3.05, 3.63) is 46.2 Å². The molecule has 0 bridgehead atoms. The lowest BCUT2D eigenvalue weighted by Gasteiger charge is -2.20. The normalized spacial score (nSPS) is 12.4. The van der Waals surface area contributed by atoms with Gasteiger partial charge in [-0.05, 0) is 37.0 Å². The van der Waals surface area contributed by atoms with Gasteiger partial charge in [0.2, 0.25) is 0 Å². The van der Waals surface area contributed by atoms with Crippen molar-refractivity contribution in [1.82, 2.24) is 9.78 Å². The fourth-order valence-corrected chi connectivity index (χ4v) is 2.82. The van der Waals surface area contributed by atoms with Gasteiger partial charge in [0.25, 0.3) is 0 Å². The molecule has 1 aromatic carbocycles. The van der Waals surface area contributed by atoms with Gasteiger partial charge in [0.1, 0.15) is 0 Å². The number of halogens is 1. The van der Waals surface area contributed by atoms with Crippen LogP contribution >= 0.6 is 15.9 Å². The second-order valence-electron chi connectivity index (χ2n) is 5.40. The molecule has 0 saturated carbocycles. The van der Waals surface area contributed by atoms with Crippen molar-refractivity contribution in [2.24, 2.45) is 7.05 Å². The van der Waals surface area contributed by atoms with E-state index in [1.807, 2.05) is 11.7 Å². The number of benzene rings is 1. The summed E-state index contributed by atoms with van der Waals surface area (Å²) < 4.78 is 8.16. The van der Waals surface area contributed by atoms with Gasteiger partial charge in [-0.25, -0.2) is 0 Å². The number of hydrogen-bond donors (Lipinski definition) is 1. The number of aryl methyl sites for hydroxylation is 2.